The Bertz CT molecular complexity index is 1150. The van der Waals surface area contributed by atoms with Gasteiger partial charge < -0.3 is 14.1 Å². The molecule has 0 aliphatic carbocycles. The summed E-state index contributed by atoms with van der Waals surface area (Å²) in [6.45, 7) is 1.89. The topological polar surface area (TPSA) is 80.1 Å². The quantitative estimate of drug-likeness (QED) is 0.424. The number of carbonyl (C=O) groups excluding carboxylic acids is 1. The van der Waals surface area contributed by atoms with Crippen LogP contribution in [0.25, 0.3) is 0 Å². The molecule has 0 bridgehead atoms. The van der Waals surface area contributed by atoms with Gasteiger partial charge in [-0.25, -0.2) is 12.8 Å². The molecule has 0 saturated carbocycles. The first-order chi connectivity index (χ1) is 15.8. The molecule has 0 fully saturated rings. The molecular formula is C24H27FN2O5S. The third-order valence-electron chi connectivity index (χ3n) is 5.02. The van der Waals surface area contributed by atoms with Crippen LogP contribution in [0.3, 0.4) is 0 Å². The Morgan fingerprint density at radius 2 is 1.70 bits per heavy atom. The van der Waals surface area contributed by atoms with Crippen molar-refractivity contribution in [2.24, 2.45) is 0 Å². The number of halogens is 1. The van der Waals surface area contributed by atoms with E-state index >= 15 is 0 Å². The lowest BCUT2D eigenvalue weighted by molar-refractivity contribution is -0.133. The van der Waals surface area contributed by atoms with Gasteiger partial charge in [0.15, 0.2) is 0 Å². The van der Waals surface area contributed by atoms with Crippen LogP contribution in [0.1, 0.15) is 17.1 Å². The predicted octanol–water partition coefficient (Wildman–Crippen LogP) is 3.59. The summed E-state index contributed by atoms with van der Waals surface area (Å²) in [5.74, 6) is 0.479. The van der Waals surface area contributed by atoms with E-state index in [1.807, 2.05) is 0 Å². The number of methoxy groups -OCH3 is 1. The van der Waals surface area contributed by atoms with Gasteiger partial charge in [-0.05, 0) is 48.9 Å². The van der Waals surface area contributed by atoms with E-state index in [4.69, 9.17) is 9.15 Å². The summed E-state index contributed by atoms with van der Waals surface area (Å²) in [7, 11) is -2.45. The van der Waals surface area contributed by atoms with Gasteiger partial charge in [0.1, 0.15) is 17.3 Å². The number of benzene rings is 2. The van der Waals surface area contributed by atoms with Crippen LogP contribution < -0.4 is 0 Å². The van der Waals surface area contributed by atoms with Crippen LogP contribution in [0.15, 0.2) is 76.0 Å². The monoisotopic (exact) mass is 474 g/mol. The van der Waals surface area contributed by atoms with Crippen molar-refractivity contribution in [3.63, 3.8) is 0 Å². The fourth-order valence-electron chi connectivity index (χ4n) is 3.27. The van der Waals surface area contributed by atoms with Crippen LogP contribution in [0.5, 0.6) is 0 Å². The van der Waals surface area contributed by atoms with E-state index in [0.29, 0.717) is 17.1 Å². The smallest absolute Gasteiger partial charge is 0.243 e. The number of nitrogens with zero attached hydrogens (tertiary/aromatic N) is 2. The number of carbonyl (C=O) groups is 1. The number of aryl methyl sites for hydroxylation is 1. The highest BCUT2D eigenvalue weighted by Crippen LogP contribution is 2.18. The molecule has 0 aliphatic rings. The van der Waals surface area contributed by atoms with Crippen molar-refractivity contribution in [3.8, 4) is 0 Å². The van der Waals surface area contributed by atoms with Gasteiger partial charge in [0.2, 0.25) is 15.9 Å². The van der Waals surface area contributed by atoms with Crippen LogP contribution in [0, 0.1) is 12.7 Å². The van der Waals surface area contributed by atoms with Gasteiger partial charge in [-0.1, -0.05) is 30.3 Å². The van der Waals surface area contributed by atoms with Crippen molar-refractivity contribution >= 4 is 15.9 Å². The summed E-state index contributed by atoms with van der Waals surface area (Å²) in [6.07, 6.45) is 0. The summed E-state index contributed by atoms with van der Waals surface area (Å²) in [6, 6.07) is 17.3. The Morgan fingerprint density at radius 3 is 2.30 bits per heavy atom. The Balaban J connectivity index is 1.85. The van der Waals surface area contributed by atoms with Crippen molar-refractivity contribution in [3.05, 3.63) is 89.6 Å². The normalized spacial score (nSPS) is 11.6. The molecule has 176 valence electrons. The van der Waals surface area contributed by atoms with Gasteiger partial charge in [-0.2, -0.15) is 4.31 Å². The van der Waals surface area contributed by atoms with E-state index in [9.17, 15) is 17.6 Å². The SMILES string of the molecule is COCCN(CC(=O)N(Cc1ccc(F)cc1)Cc1ccc(C)o1)S(=O)(=O)c1ccccc1. The summed E-state index contributed by atoms with van der Waals surface area (Å²) in [5.41, 5.74) is 0.711. The molecular weight excluding hydrogens is 447 g/mol. The molecule has 1 heterocycles. The summed E-state index contributed by atoms with van der Waals surface area (Å²) < 4.78 is 51.5. The molecule has 7 nitrogen and oxygen atoms in total. The minimum atomic E-state index is -3.92. The second-order valence-corrected chi connectivity index (χ2v) is 9.47. The van der Waals surface area contributed by atoms with Crippen LogP contribution >= 0.6 is 0 Å². The molecule has 33 heavy (non-hydrogen) atoms. The maximum atomic E-state index is 13.3. The fraction of sp³-hybridized carbons (Fsp3) is 0.292. The first-order valence-corrected chi connectivity index (χ1v) is 11.9. The molecule has 0 spiro atoms. The highest BCUT2D eigenvalue weighted by molar-refractivity contribution is 7.89. The maximum absolute atomic E-state index is 13.3. The lowest BCUT2D eigenvalue weighted by atomic mass is 10.2. The second kappa shape index (κ2) is 11.2. The standard InChI is InChI=1S/C24H27FN2O5S/c1-19-8-13-22(32-19)17-26(16-20-9-11-21(25)12-10-20)24(28)18-27(14-15-31-2)33(29,30)23-6-4-3-5-7-23/h3-13H,14-18H2,1-2H3. The predicted molar refractivity (Wildman–Crippen MR) is 121 cm³/mol. The average molecular weight is 475 g/mol. The highest BCUT2D eigenvalue weighted by Gasteiger charge is 2.28. The first kappa shape index (κ1) is 24.6. The first-order valence-electron chi connectivity index (χ1n) is 10.4. The van der Waals surface area contributed by atoms with E-state index in [0.717, 1.165) is 4.31 Å². The van der Waals surface area contributed by atoms with Crippen LogP contribution in [-0.2, 0) is 32.6 Å². The number of sulfonamides is 1. The lowest BCUT2D eigenvalue weighted by Gasteiger charge is -2.27. The van der Waals surface area contributed by atoms with Gasteiger partial charge in [0.25, 0.3) is 0 Å². The van der Waals surface area contributed by atoms with E-state index in [2.05, 4.69) is 0 Å². The van der Waals surface area contributed by atoms with Crippen molar-refractivity contribution in [1.29, 1.82) is 0 Å². The third-order valence-corrected chi connectivity index (χ3v) is 6.88. The number of furan rings is 1. The van der Waals surface area contributed by atoms with Crippen molar-refractivity contribution < 1.29 is 26.8 Å². The zero-order valence-electron chi connectivity index (χ0n) is 18.6. The molecule has 0 atom stereocenters. The number of ether oxygens (including phenoxy) is 1. The van der Waals surface area contributed by atoms with Gasteiger partial charge >= 0.3 is 0 Å². The Labute approximate surface area is 193 Å². The zero-order valence-corrected chi connectivity index (χ0v) is 19.4. The van der Waals surface area contributed by atoms with Gasteiger partial charge in [-0.3, -0.25) is 4.79 Å². The molecule has 0 aliphatic heterocycles. The molecule has 3 aromatic rings. The molecule has 0 radical (unpaired) electrons. The number of hydrogen-bond acceptors (Lipinski definition) is 5. The summed E-state index contributed by atoms with van der Waals surface area (Å²) in [4.78, 5) is 14.9. The Hall–Kier alpha value is -3.01. The largest absolute Gasteiger partial charge is 0.464 e. The molecule has 2 aromatic carbocycles. The van der Waals surface area contributed by atoms with Crippen molar-refractivity contribution in [2.45, 2.75) is 24.9 Å². The molecule has 0 N–H and O–H groups in total. The van der Waals surface area contributed by atoms with Crippen LogP contribution in [0.4, 0.5) is 4.39 Å². The van der Waals surface area contributed by atoms with Crippen LogP contribution in [0.2, 0.25) is 0 Å². The van der Waals surface area contributed by atoms with Gasteiger partial charge in [-0.15, -0.1) is 0 Å². The lowest BCUT2D eigenvalue weighted by Crippen LogP contribution is -2.43. The van der Waals surface area contributed by atoms with E-state index in [1.165, 1.54) is 36.3 Å². The maximum Gasteiger partial charge on any atom is 0.243 e. The summed E-state index contributed by atoms with van der Waals surface area (Å²) >= 11 is 0. The third kappa shape index (κ3) is 6.74. The number of rotatable bonds is 11. The minimum Gasteiger partial charge on any atom is -0.464 e. The highest BCUT2D eigenvalue weighted by atomic mass is 32.2. The minimum absolute atomic E-state index is 0.0176. The molecule has 3 rings (SSSR count). The van der Waals surface area contributed by atoms with E-state index in [-0.39, 0.29) is 43.5 Å². The zero-order chi connectivity index (χ0) is 23.8. The van der Waals surface area contributed by atoms with Crippen molar-refractivity contribution in [2.75, 3.05) is 26.8 Å². The molecule has 1 aromatic heterocycles. The van der Waals surface area contributed by atoms with E-state index in [1.54, 1.807) is 49.4 Å². The van der Waals surface area contributed by atoms with Crippen LogP contribution in [-0.4, -0.2) is 50.3 Å². The second-order valence-electron chi connectivity index (χ2n) is 7.53. The Morgan fingerprint density at radius 1 is 1.00 bits per heavy atom. The van der Waals surface area contributed by atoms with Gasteiger partial charge in [0, 0.05) is 20.2 Å². The van der Waals surface area contributed by atoms with E-state index < -0.39 is 15.9 Å². The summed E-state index contributed by atoms with van der Waals surface area (Å²) in [5, 5.41) is 0. The molecule has 0 unspecified atom stereocenters. The number of amides is 1. The van der Waals surface area contributed by atoms with Gasteiger partial charge in [0.05, 0.1) is 24.6 Å². The number of hydrogen-bond donors (Lipinski definition) is 0. The fourth-order valence-corrected chi connectivity index (χ4v) is 4.66. The average Bonchev–Trinajstić information content (AvgIpc) is 3.22. The van der Waals surface area contributed by atoms with Crippen molar-refractivity contribution in [1.82, 2.24) is 9.21 Å². The Kier molecular flexibility index (Phi) is 8.37. The molecule has 1 amide bonds. The molecule has 0 saturated heterocycles. The molecule has 9 heteroatoms.